The van der Waals surface area contributed by atoms with Gasteiger partial charge in [0.2, 0.25) is 0 Å². The lowest BCUT2D eigenvalue weighted by Crippen LogP contribution is -2.26. The maximum atomic E-state index is 5.82. The van der Waals surface area contributed by atoms with Crippen LogP contribution in [-0.2, 0) is 6.54 Å². The predicted octanol–water partition coefficient (Wildman–Crippen LogP) is 1.28. The van der Waals surface area contributed by atoms with Gasteiger partial charge in [-0.3, -0.25) is 4.90 Å². The average Bonchev–Trinajstić information content (AvgIpc) is 2.63. The summed E-state index contributed by atoms with van der Waals surface area (Å²) in [6.07, 6.45) is 1.16. The molecule has 66 valence electrons. The summed E-state index contributed by atoms with van der Waals surface area (Å²) in [6.45, 7) is 3.31. The van der Waals surface area contributed by atoms with Gasteiger partial charge in [-0.15, -0.1) is 0 Å². The molecule has 0 spiro atoms. The van der Waals surface area contributed by atoms with E-state index in [4.69, 9.17) is 5.73 Å². The van der Waals surface area contributed by atoms with Gasteiger partial charge in [-0.05, 0) is 28.8 Å². The molecule has 2 N–H and O–H groups in total. The van der Waals surface area contributed by atoms with E-state index >= 15 is 0 Å². The van der Waals surface area contributed by atoms with Crippen molar-refractivity contribution in [3.63, 3.8) is 0 Å². The van der Waals surface area contributed by atoms with Gasteiger partial charge in [0, 0.05) is 25.7 Å². The summed E-state index contributed by atoms with van der Waals surface area (Å²) in [7, 11) is 0. The number of likely N-dealkylation sites (tertiary alicyclic amines) is 1. The third-order valence-corrected chi connectivity index (χ3v) is 3.03. The predicted molar refractivity (Wildman–Crippen MR) is 52.2 cm³/mol. The minimum Gasteiger partial charge on any atom is -0.326 e. The van der Waals surface area contributed by atoms with Crippen molar-refractivity contribution >= 4 is 11.3 Å². The van der Waals surface area contributed by atoms with Gasteiger partial charge in [0.25, 0.3) is 0 Å². The van der Waals surface area contributed by atoms with E-state index in [-0.39, 0.29) is 0 Å². The lowest BCUT2D eigenvalue weighted by Gasteiger charge is -2.13. The fraction of sp³-hybridized carbons (Fsp3) is 0.556. The number of nitrogens with two attached hydrogens (primary N) is 1. The molecule has 1 fully saturated rings. The van der Waals surface area contributed by atoms with Gasteiger partial charge in [0.05, 0.1) is 0 Å². The van der Waals surface area contributed by atoms with E-state index in [1.165, 1.54) is 5.56 Å². The van der Waals surface area contributed by atoms with Gasteiger partial charge in [-0.1, -0.05) is 0 Å². The van der Waals surface area contributed by atoms with E-state index in [0.717, 1.165) is 26.1 Å². The molecule has 0 bridgehead atoms. The first kappa shape index (κ1) is 8.23. The van der Waals surface area contributed by atoms with Gasteiger partial charge >= 0.3 is 0 Å². The molecule has 12 heavy (non-hydrogen) atoms. The topological polar surface area (TPSA) is 29.3 Å². The van der Waals surface area contributed by atoms with Gasteiger partial charge in [-0.25, -0.2) is 0 Å². The molecular formula is C9H14N2S. The van der Waals surface area contributed by atoms with E-state index in [9.17, 15) is 0 Å². The van der Waals surface area contributed by atoms with Crippen LogP contribution < -0.4 is 5.73 Å². The van der Waals surface area contributed by atoms with Crippen LogP contribution in [0.1, 0.15) is 12.0 Å². The minimum atomic E-state index is 0.406. The van der Waals surface area contributed by atoms with Crippen LogP contribution in [0.4, 0.5) is 0 Å². The second-order valence-electron chi connectivity index (χ2n) is 3.42. The van der Waals surface area contributed by atoms with E-state index in [0.29, 0.717) is 6.04 Å². The maximum Gasteiger partial charge on any atom is 0.0242 e. The molecule has 1 aromatic heterocycles. The largest absolute Gasteiger partial charge is 0.326 e. The van der Waals surface area contributed by atoms with Crippen molar-refractivity contribution in [1.29, 1.82) is 0 Å². The molecule has 0 saturated carbocycles. The Morgan fingerprint density at radius 1 is 1.67 bits per heavy atom. The zero-order valence-corrected chi connectivity index (χ0v) is 7.89. The third kappa shape index (κ3) is 1.86. The highest BCUT2D eigenvalue weighted by atomic mass is 32.1. The molecule has 1 aliphatic rings. The smallest absolute Gasteiger partial charge is 0.0242 e. The third-order valence-electron chi connectivity index (χ3n) is 2.30. The Morgan fingerprint density at radius 3 is 3.17 bits per heavy atom. The molecule has 1 atom stereocenters. The molecule has 1 saturated heterocycles. The monoisotopic (exact) mass is 182 g/mol. The summed E-state index contributed by atoms with van der Waals surface area (Å²) in [6, 6.07) is 2.60. The molecular weight excluding hydrogens is 168 g/mol. The summed E-state index contributed by atoms with van der Waals surface area (Å²) in [5.41, 5.74) is 7.24. The second kappa shape index (κ2) is 3.56. The normalized spacial score (nSPS) is 24.9. The molecule has 0 radical (unpaired) electrons. The fourth-order valence-electron chi connectivity index (χ4n) is 1.65. The van der Waals surface area contributed by atoms with Gasteiger partial charge < -0.3 is 5.73 Å². The molecule has 0 amide bonds. The Balaban J connectivity index is 1.88. The van der Waals surface area contributed by atoms with Crippen LogP contribution in [0.3, 0.4) is 0 Å². The summed E-state index contributed by atoms with van der Waals surface area (Å²) >= 11 is 1.77. The molecule has 3 heteroatoms. The highest BCUT2D eigenvalue weighted by Crippen LogP contribution is 2.13. The van der Waals surface area contributed by atoms with Gasteiger partial charge in [0.15, 0.2) is 0 Å². The average molecular weight is 182 g/mol. The SMILES string of the molecule is N[C@H]1CCN(Cc2ccsc2)C1. The number of hydrogen-bond donors (Lipinski definition) is 1. The first-order valence-corrected chi connectivity index (χ1v) is 5.28. The Labute approximate surface area is 77.0 Å². The van der Waals surface area contributed by atoms with Crippen molar-refractivity contribution in [1.82, 2.24) is 4.90 Å². The quantitative estimate of drug-likeness (QED) is 0.746. The van der Waals surface area contributed by atoms with E-state index in [1.54, 1.807) is 11.3 Å². The summed E-state index contributed by atoms with van der Waals surface area (Å²) in [4.78, 5) is 2.42. The maximum absolute atomic E-state index is 5.82. The summed E-state index contributed by atoms with van der Waals surface area (Å²) in [5.74, 6) is 0. The molecule has 2 heterocycles. The van der Waals surface area contributed by atoms with Crippen molar-refractivity contribution in [2.75, 3.05) is 13.1 Å². The van der Waals surface area contributed by atoms with Gasteiger partial charge in [0.1, 0.15) is 0 Å². The van der Waals surface area contributed by atoms with Crippen LogP contribution in [-0.4, -0.2) is 24.0 Å². The first-order chi connectivity index (χ1) is 5.84. The molecule has 0 aromatic carbocycles. The molecule has 0 aliphatic carbocycles. The first-order valence-electron chi connectivity index (χ1n) is 4.33. The van der Waals surface area contributed by atoms with Crippen molar-refractivity contribution < 1.29 is 0 Å². The Kier molecular flexibility index (Phi) is 2.44. The summed E-state index contributed by atoms with van der Waals surface area (Å²) in [5, 5.41) is 4.34. The van der Waals surface area contributed by atoms with Crippen molar-refractivity contribution in [3.05, 3.63) is 22.4 Å². The lowest BCUT2D eigenvalue weighted by molar-refractivity contribution is 0.327. The standard InChI is InChI=1S/C9H14N2S/c10-9-1-3-11(6-9)5-8-2-4-12-7-8/h2,4,7,9H,1,3,5-6,10H2/t9-/m0/s1. The highest BCUT2D eigenvalue weighted by molar-refractivity contribution is 7.07. The van der Waals surface area contributed by atoms with Crippen molar-refractivity contribution in [3.8, 4) is 0 Å². The minimum absolute atomic E-state index is 0.406. The molecule has 0 unspecified atom stereocenters. The van der Waals surface area contributed by atoms with E-state index in [1.807, 2.05) is 0 Å². The Morgan fingerprint density at radius 2 is 2.58 bits per heavy atom. The summed E-state index contributed by atoms with van der Waals surface area (Å²) < 4.78 is 0. The van der Waals surface area contributed by atoms with Gasteiger partial charge in [-0.2, -0.15) is 11.3 Å². The van der Waals surface area contributed by atoms with E-state index < -0.39 is 0 Å². The van der Waals surface area contributed by atoms with Crippen molar-refractivity contribution in [2.45, 2.75) is 19.0 Å². The Hall–Kier alpha value is -0.380. The number of hydrogen-bond acceptors (Lipinski definition) is 3. The molecule has 1 aliphatic heterocycles. The molecule has 2 rings (SSSR count). The fourth-order valence-corrected chi connectivity index (χ4v) is 2.31. The van der Waals surface area contributed by atoms with Crippen LogP contribution >= 0.6 is 11.3 Å². The molecule has 2 nitrogen and oxygen atoms in total. The number of nitrogens with zero attached hydrogens (tertiary/aromatic N) is 1. The van der Waals surface area contributed by atoms with Crippen LogP contribution in [0.5, 0.6) is 0 Å². The van der Waals surface area contributed by atoms with Crippen LogP contribution in [0.2, 0.25) is 0 Å². The van der Waals surface area contributed by atoms with Crippen molar-refractivity contribution in [2.24, 2.45) is 5.73 Å². The Bertz CT molecular complexity index is 233. The van der Waals surface area contributed by atoms with E-state index in [2.05, 4.69) is 21.7 Å². The molecule has 1 aromatic rings. The zero-order valence-electron chi connectivity index (χ0n) is 7.07. The van der Waals surface area contributed by atoms with Crippen LogP contribution in [0, 0.1) is 0 Å². The van der Waals surface area contributed by atoms with Crippen LogP contribution in [0.15, 0.2) is 16.8 Å². The highest BCUT2D eigenvalue weighted by Gasteiger charge is 2.18. The van der Waals surface area contributed by atoms with Crippen LogP contribution in [0.25, 0.3) is 0 Å². The zero-order chi connectivity index (χ0) is 8.39. The number of thiophene rings is 1. The lowest BCUT2D eigenvalue weighted by atomic mass is 10.3. The number of rotatable bonds is 2. The second-order valence-corrected chi connectivity index (χ2v) is 4.20.